The third-order valence-electron chi connectivity index (χ3n) is 3.24. The molecule has 19 heavy (non-hydrogen) atoms. The number of ketones is 1. The Morgan fingerprint density at radius 2 is 2.05 bits per heavy atom. The van der Waals surface area contributed by atoms with Crippen LogP contribution in [0.4, 0.5) is 5.69 Å². The number of aryl methyl sites for hydroxylation is 2. The van der Waals surface area contributed by atoms with Crippen LogP contribution in [0.1, 0.15) is 34.5 Å². The first-order valence-corrected chi connectivity index (χ1v) is 6.20. The first-order valence-electron chi connectivity index (χ1n) is 6.20. The quantitative estimate of drug-likeness (QED) is 0.854. The van der Waals surface area contributed by atoms with Crippen molar-refractivity contribution in [3.63, 3.8) is 0 Å². The van der Waals surface area contributed by atoms with E-state index in [0.29, 0.717) is 6.54 Å². The van der Waals surface area contributed by atoms with Gasteiger partial charge in [0.25, 0.3) is 0 Å². The standard InChI is InChI=1S/C14H18N4O/c1-9-6-5-7-12(14(9)10(2)19)15-8-13-17-16-11(3)18(13)4/h5-7,15H,8H2,1-4H3. The molecular formula is C14H18N4O. The van der Waals surface area contributed by atoms with Gasteiger partial charge in [-0.25, -0.2) is 0 Å². The summed E-state index contributed by atoms with van der Waals surface area (Å²) in [6, 6.07) is 5.79. The van der Waals surface area contributed by atoms with Gasteiger partial charge in [-0.15, -0.1) is 10.2 Å². The van der Waals surface area contributed by atoms with Crippen LogP contribution in [0.15, 0.2) is 18.2 Å². The summed E-state index contributed by atoms with van der Waals surface area (Å²) in [6.45, 7) is 5.97. The number of hydrogen-bond donors (Lipinski definition) is 1. The Balaban J connectivity index is 2.23. The molecule has 1 aromatic carbocycles. The normalized spacial score (nSPS) is 10.5. The number of hydrogen-bond acceptors (Lipinski definition) is 4. The van der Waals surface area contributed by atoms with Crippen molar-refractivity contribution >= 4 is 11.5 Å². The molecule has 0 aliphatic rings. The van der Waals surface area contributed by atoms with E-state index in [4.69, 9.17) is 0 Å². The molecule has 5 nitrogen and oxygen atoms in total. The van der Waals surface area contributed by atoms with Crippen molar-refractivity contribution in [2.45, 2.75) is 27.3 Å². The molecule has 0 bridgehead atoms. The Kier molecular flexibility index (Phi) is 3.64. The van der Waals surface area contributed by atoms with Gasteiger partial charge in [0.05, 0.1) is 6.54 Å². The van der Waals surface area contributed by atoms with E-state index in [0.717, 1.165) is 28.5 Å². The molecule has 0 radical (unpaired) electrons. The van der Waals surface area contributed by atoms with Gasteiger partial charge in [0.1, 0.15) is 5.82 Å². The molecule has 0 aliphatic heterocycles. The maximum Gasteiger partial charge on any atom is 0.162 e. The minimum atomic E-state index is 0.0646. The average molecular weight is 258 g/mol. The van der Waals surface area contributed by atoms with Gasteiger partial charge in [-0.05, 0) is 32.4 Å². The van der Waals surface area contributed by atoms with Crippen LogP contribution in [0.3, 0.4) is 0 Å². The van der Waals surface area contributed by atoms with Gasteiger partial charge >= 0.3 is 0 Å². The molecule has 0 aliphatic carbocycles. The third kappa shape index (κ3) is 2.65. The van der Waals surface area contributed by atoms with Crippen molar-refractivity contribution < 1.29 is 4.79 Å². The van der Waals surface area contributed by atoms with Crippen LogP contribution in [-0.4, -0.2) is 20.5 Å². The molecule has 0 amide bonds. The number of benzene rings is 1. The fourth-order valence-corrected chi connectivity index (χ4v) is 2.06. The molecule has 0 spiro atoms. The topological polar surface area (TPSA) is 59.8 Å². The summed E-state index contributed by atoms with van der Waals surface area (Å²) in [5.41, 5.74) is 2.56. The van der Waals surface area contributed by atoms with Gasteiger partial charge in [0.2, 0.25) is 0 Å². The van der Waals surface area contributed by atoms with Gasteiger partial charge in [-0.1, -0.05) is 12.1 Å². The second kappa shape index (κ2) is 5.22. The van der Waals surface area contributed by atoms with Gasteiger partial charge in [0.15, 0.2) is 11.6 Å². The first-order chi connectivity index (χ1) is 9.00. The van der Waals surface area contributed by atoms with E-state index < -0.39 is 0 Å². The van der Waals surface area contributed by atoms with Crippen LogP contribution in [-0.2, 0) is 13.6 Å². The molecule has 1 N–H and O–H groups in total. The van der Waals surface area contributed by atoms with E-state index in [1.807, 2.05) is 43.7 Å². The average Bonchev–Trinajstić information content (AvgIpc) is 2.67. The molecule has 0 fully saturated rings. The highest BCUT2D eigenvalue weighted by atomic mass is 16.1. The minimum absolute atomic E-state index is 0.0646. The van der Waals surface area contributed by atoms with E-state index in [1.54, 1.807) is 6.92 Å². The van der Waals surface area contributed by atoms with Gasteiger partial charge in [-0.2, -0.15) is 0 Å². The van der Waals surface area contributed by atoms with Gasteiger partial charge in [-0.3, -0.25) is 4.79 Å². The van der Waals surface area contributed by atoms with Crippen molar-refractivity contribution in [1.29, 1.82) is 0 Å². The second-order valence-corrected chi connectivity index (χ2v) is 4.63. The Hall–Kier alpha value is -2.17. The summed E-state index contributed by atoms with van der Waals surface area (Å²) in [4.78, 5) is 11.7. The predicted octanol–water partition coefficient (Wildman–Crippen LogP) is 2.25. The molecule has 1 aromatic heterocycles. The number of nitrogens with one attached hydrogen (secondary N) is 1. The maximum absolute atomic E-state index is 11.7. The smallest absolute Gasteiger partial charge is 0.162 e. The van der Waals surface area contributed by atoms with Gasteiger partial charge in [0, 0.05) is 18.3 Å². The van der Waals surface area contributed by atoms with E-state index in [1.165, 1.54) is 0 Å². The summed E-state index contributed by atoms with van der Waals surface area (Å²) >= 11 is 0. The fourth-order valence-electron chi connectivity index (χ4n) is 2.06. The Labute approximate surface area is 112 Å². The highest BCUT2D eigenvalue weighted by molar-refractivity contribution is 6.00. The number of Topliss-reactive ketones (excluding diaryl/α,β-unsaturated/α-hetero) is 1. The highest BCUT2D eigenvalue weighted by Crippen LogP contribution is 2.20. The number of carbonyl (C=O) groups is 1. The summed E-state index contributed by atoms with van der Waals surface area (Å²) in [6.07, 6.45) is 0. The minimum Gasteiger partial charge on any atom is -0.377 e. The number of carbonyl (C=O) groups excluding carboxylic acids is 1. The van der Waals surface area contributed by atoms with Crippen molar-refractivity contribution in [2.24, 2.45) is 7.05 Å². The summed E-state index contributed by atoms with van der Waals surface area (Å²) in [5.74, 6) is 1.77. The lowest BCUT2D eigenvalue weighted by molar-refractivity contribution is 0.101. The SMILES string of the molecule is CC(=O)c1c(C)cccc1NCc1nnc(C)n1C. The van der Waals surface area contributed by atoms with Crippen molar-refractivity contribution in [2.75, 3.05) is 5.32 Å². The predicted molar refractivity (Wildman–Crippen MR) is 74.3 cm³/mol. The van der Waals surface area contributed by atoms with Crippen molar-refractivity contribution in [3.8, 4) is 0 Å². The molecule has 0 unspecified atom stereocenters. The lowest BCUT2D eigenvalue weighted by Crippen LogP contribution is -2.10. The Morgan fingerprint density at radius 3 is 2.63 bits per heavy atom. The first kappa shape index (κ1) is 13.3. The molecule has 0 saturated heterocycles. The lowest BCUT2D eigenvalue weighted by Gasteiger charge is -2.12. The third-order valence-corrected chi connectivity index (χ3v) is 3.24. The van der Waals surface area contributed by atoms with Gasteiger partial charge < -0.3 is 9.88 Å². The van der Waals surface area contributed by atoms with E-state index in [-0.39, 0.29) is 5.78 Å². The van der Waals surface area contributed by atoms with Crippen LogP contribution < -0.4 is 5.32 Å². The van der Waals surface area contributed by atoms with E-state index in [9.17, 15) is 4.79 Å². The number of rotatable bonds is 4. The molecule has 2 aromatic rings. The fraction of sp³-hybridized carbons (Fsp3) is 0.357. The molecular weight excluding hydrogens is 240 g/mol. The molecule has 0 atom stereocenters. The Bertz CT molecular complexity index is 616. The number of anilines is 1. The van der Waals surface area contributed by atoms with Crippen LogP contribution in [0.25, 0.3) is 0 Å². The Morgan fingerprint density at radius 1 is 1.32 bits per heavy atom. The second-order valence-electron chi connectivity index (χ2n) is 4.63. The molecule has 1 heterocycles. The zero-order valence-corrected chi connectivity index (χ0v) is 11.7. The summed E-state index contributed by atoms with van der Waals surface area (Å²) < 4.78 is 1.93. The van der Waals surface area contributed by atoms with E-state index in [2.05, 4.69) is 15.5 Å². The zero-order chi connectivity index (χ0) is 14.0. The summed E-state index contributed by atoms with van der Waals surface area (Å²) in [5, 5.41) is 11.4. The number of aromatic nitrogens is 3. The maximum atomic E-state index is 11.7. The summed E-state index contributed by atoms with van der Waals surface area (Å²) in [7, 11) is 1.93. The monoisotopic (exact) mass is 258 g/mol. The van der Waals surface area contributed by atoms with E-state index >= 15 is 0 Å². The number of nitrogens with zero attached hydrogens (tertiary/aromatic N) is 3. The van der Waals surface area contributed by atoms with Crippen LogP contribution in [0.2, 0.25) is 0 Å². The molecule has 100 valence electrons. The van der Waals surface area contributed by atoms with Crippen molar-refractivity contribution in [3.05, 3.63) is 41.0 Å². The molecule has 0 saturated carbocycles. The van der Waals surface area contributed by atoms with Crippen LogP contribution >= 0.6 is 0 Å². The zero-order valence-electron chi connectivity index (χ0n) is 11.7. The largest absolute Gasteiger partial charge is 0.377 e. The molecule has 2 rings (SSSR count). The van der Waals surface area contributed by atoms with Crippen LogP contribution in [0.5, 0.6) is 0 Å². The van der Waals surface area contributed by atoms with Crippen molar-refractivity contribution in [1.82, 2.24) is 14.8 Å². The highest BCUT2D eigenvalue weighted by Gasteiger charge is 2.11. The molecule has 5 heteroatoms. The lowest BCUT2D eigenvalue weighted by atomic mass is 10.0. The van der Waals surface area contributed by atoms with Crippen LogP contribution in [0, 0.1) is 13.8 Å².